The first kappa shape index (κ1) is 16.7. The van der Waals surface area contributed by atoms with Gasteiger partial charge >= 0.3 is 5.97 Å². The Morgan fingerprint density at radius 1 is 1.35 bits per heavy atom. The van der Waals surface area contributed by atoms with E-state index in [-0.39, 0.29) is 18.1 Å². The Hall–Kier alpha value is -2.70. The molecule has 7 nitrogen and oxygen atoms in total. The highest BCUT2D eigenvalue weighted by atomic mass is 16.4. The van der Waals surface area contributed by atoms with E-state index in [0.29, 0.717) is 17.2 Å². The van der Waals surface area contributed by atoms with Crippen LogP contribution in [-0.2, 0) is 16.1 Å². The van der Waals surface area contributed by atoms with Crippen molar-refractivity contribution in [3.05, 3.63) is 40.8 Å². The van der Waals surface area contributed by atoms with Crippen molar-refractivity contribution in [3.8, 4) is 0 Å². The van der Waals surface area contributed by atoms with Crippen LogP contribution in [0.3, 0.4) is 0 Å². The maximum atomic E-state index is 12.4. The van der Waals surface area contributed by atoms with Crippen LogP contribution >= 0.6 is 0 Å². The SMILES string of the molecule is CCC(C)N(CC(=O)O)C(=O)Cn1ncc2ccccc2c1=O. The van der Waals surface area contributed by atoms with Crippen LogP contribution in [0.4, 0.5) is 0 Å². The zero-order valence-corrected chi connectivity index (χ0v) is 13.1. The van der Waals surface area contributed by atoms with Gasteiger partial charge in [-0.3, -0.25) is 14.4 Å². The van der Waals surface area contributed by atoms with Crippen molar-refractivity contribution < 1.29 is 14.7 Å². The summed E-state index contributed by atoms with van der Waals surface area (Å²) in [6.07, 6.45) is 2.15. The van der Waals surface area contributed by atoms with E-state index in [2.05, 4.69) is 5.10 Å². The Bertz CT molecular complexity index is 784. The molecule has 0 radical (unpaired) electrons. The lowest BCUT2D eigenvalue weighted by Gasteiger charge is -2.27. The third-order valence-electron chi connectivity index (χ3n) is 3.80. The topological polar surface area (TPSA) is 92.5 Å². The largest absolute Gasteiger partial charge is 0.480 e. The van der Waals surface area contributed by atoms with Crippen LogP contribution in [0.5, 0.6) is 0 Å². The fraction of sp³-hybridized carbons (Fsp3) is 0.375. The molecule has 0 saturated carbocycles. The van der Waals surface area contributed by atoms with Crippen molar-refractivity contribution in [3.63, 3.8) is 0 Å². The Morgan fingerprint density at radius 2 is 2.04 bits per heavy atom. The number of carbonyl (C=O) groups is 2. The van der Waals surface area contributed by atoms with Gasteiger partial charge in [0.1, 0.15) is 13.1 Å². The number of benzene rings is 1. The number of hydrogen-bond acceptors (Lipinski definition) is 4. The van der Waals surface area contributed by atoms with Crippen molar-refractivity contribution in [2.45, 2.75) is 32.9 Å². The van der Waals surface area contributed by atoms with Crippen molar-refractivity contribution >= 4 is 22.6 Å². The molecule has 0 fully saturated rings. The van der Waals surface area contributed by atoms with Crippen molar-refractivity contribution in [1.29, 1.82) is 0 Å². The van der Waals surface area contributed by atoms with Crippen LogP contribution in [0.25, 0.3) is 10.8 Å². The molecule has 23 heavy (non-hydrogen) atoms. The lowest BCUT2D eigenvalue weighted by atomic mass is 10.2. The third kappa shape index (κ3) is 3.74. The smallest absolute Gasteiger partial charge is 0.323 e. The van der Waals surface area contributed by atoms with E-state index in [9.17, 15) is 14.4 Å². The quantitative estimate of drug-likeness (QED) is 0.861. The molecule has 0 aliphatic heterocycles. The highest BCUT2D eigenvalue weighted by Crippen LogP contribution is 2.08. The van der Waals surface area contributed by atoms with E-state index in [1.807, 2.05) is 6.92 Å². The number of nitrogens with zero attached hydrogens (tertiary/aromatic N) is 3. The first-order valence-corrected chi connectivity index (χ1v) is 7.40. The summed E-state index contributed by atoms with van der Waals surface area (Å²) in [5, 5.41) is 14.1. The summed E-state index contributed by atoms with van der Waals surface area (Å²) in [7, 11) is 0. The third-order valence-corrected chi connectivity index (χ3v) is 3.80. The highest BCUT2D eigenvalue weighted by molar-refractivity contribution is 5.83. The summed E-state index contributed by atoms with van der Waals surface area (Å²) < 4.78 is 1.07. The number of carboxylic acids is 1. The lowest BCUT2D eigenvalue weighted by molar-refractivity contribution is -0.146. The molecule has 0 saturated heterocycles. The van der Waals surface area contributed by atoms with Gasteiger partial charge in [0.25, 0.3) is 5.56 Å². The second-order valence-corrected chi connectivity index (χ2v) is 5.37. The van der Waals surface area contributed by atoms with Gasteiger partial charge in [0.15, 0.2) is 0 Å². The maximum Gasteiger partial charge on any atom is 0.323 e. The van der Waals surface area contributed by atoms with E-state index in [1.54, 1.807) is 31.2 Å². The minimum Gasteiger partial charge on any atom is -0.480 e. The minimum absolute atomic E-state index is 0.227. The molecule has 0 spiro atoms. The zero-order chi connectivity index (χ0) is 17.0. The van der Waals surface area contributed by atoms with E-state index in [1.165, 1.54) is 11.1 Å². The number of hydrogen-bond donors (Lipinski definition) is 1. The summed E-state index contributed by atoms with van der Waals surface area (Å²) in [5.41, 5.74) is -0.365. The molecule has 2 aromatic rings. The van der Waals surface area contributed by atoms with Crippen LogP contribution < -0.4 is 5.56 Å². The summed E-state index contributed by atoms with van der Waals surface area (Å²) in [5.74, 6) is -1.52. The van der Waals surface area contributed by atoms with E-state index >= 15 is 0 Å². The number of fused-ring (bicyclic) bond motifs is 1. The van der Waals surface area contributed by atoms with Gasteiger partial charge in [-0.25, -0.2) is 4.68 Å². The van der Waals surface area contributed by atoms with Crippen LogP contribution in [0.1, 0.15) is 20.3 Å². The molecular weight excluding hydrogens is 298 g/mol. The maximum absolute atomic E-state index is 12.4. The second-order valence-electron chi connectivity index (χ2n) is 5.37. The van der Waals surface area contributed by atoms with Crippen LogP contribution in [0, 0.1) is 0 Å². The van der Waals surface area contributed by atoms with Gasteiger partial charge in [-0.15, -0.1) is 0 Å². The Labute approximate surface area is 133 Å². The van der Waals surface area contributed by atoms with Gasteiger partial charge in [-0.2, -0.15) is 5.10 Å². The first-order valence-electron chi connectivity index (χ1n) is 7.40. The summed E-state index contributed by atoms with van der Waals surface area (Å²) in [6.45, 7) is 2.97. The number of aliphatic carboxylic acids is 1. The molecule has 0 bridgehead atoms. The van der Waals surface area contributed by atoms with Gasteiger partial charge in [-0.1, -0.05) is 25.1 Å². The van der Waals surface area contributed by atoms with E-state index < -0.39 is 18.4 Å². The predicted octanol–water partition coefficient (Wildman–Crippen LogP) is 1.11. The minimum atomic E-state index is -1.09. The Morgan fingerprint density at radius 3 is 2.70 bits per heavy atom. The standard InChI is InChI=1S/C16H19N3O4/c1-3-11(2)18(10-15(21)22)14(20)9-19-16(23)13-7-5-4-6-12(13)8-17-19/h4-8,11H,3,9-10H2,1-2H3,(H,21,22). The van der Waals surface area contributed by atoms with Gasteiger partial charge < -0.3 is 10.0 Å². The number of carboxylic acid groups (broad SMARTS) is 1. The monoisotopic (exact) mass is 317 g/mol. The molecule has 2 rings (SSSR count). The zero-order valence-electron chi connectivity index (χ0n) is 13.1. The molecule has 1 atom stereocenters. The number of amides is 1. The van der Waals surface area contributed by atoms with Crippen molar-refractivity contribution in [2.75, 3.05) is 6.54 Å². The Balaban J connectivity index is 2.29. The first-order chi connectivity index (χ1) is 10.9. The number of carbonyl (C=O) groups excluding carboxylic acids is 1. The molecule has 1 aromatic carbocycles. The lowest BCUT2D eigenvalue weighted by Crippen LogP contribution is -2.44. The predicted molar refractivity (Wildman–Crippen MR) is 85.1 cm³/mol. The average molecular weight is 317 g/mol. The summed E-state index contributed by atoms with van der Waals surface area (Å²) >= 11 is 0. The van der Waals surface area contributed by atoms with Crippen molar-refractivity contribution in [2.24, 2.45) is 0 Å². The normalized spacial score (nSPS) is 12.1. The summed E-state index contributed by atoms with van der Waals surface area (Å²) in [4.78, 5) is 37.0. The molecule has 122 valence electrons. The second kappa shape index (κ2) is 7.04. The molecule has 1 amide bonds. The van der Waals surface area contributed by atoms with Crippen LogP contribution in [0.2, 0.25) is 0 Å². The fourth-order valence-electron chi connectivity index (χ4n) is 2.32. The van der Waals surface area contributed by atoms with Gasteiger partial charge in [0.05, 0.1) is 11.6 Å². The molecule has 7 heteroatoms. The molecule has 0 aliphatic carbocycles. The highest BCUT2D eigenvalue weighted by Gasteiger charge is 2.22. The fourth-order valence-corrected chi connectivity index (χ4v) is 2.32. The number of aromatic nitrogens is 2. The van der Waals surface area contributed by atoms with Gasteiger partial charge in [0.2, 0.25) is 5.91 Å². The molecule has 1 aromatic heterocycles. The van der Waals surface area contributed by atoms with Crippen LogP contribution in [0.15, 0.2) is 35.3 Å². The van der Waals surface area contributed by atoms with Crippen LogP contribution in [-0.4, -0.2) is 44.3 Å². The molecule has 1 unspecified atom stereocenters. The molecule has 0 aliphatic rings. The van der Waals surface area contributed by atoms with Gasteiger partial charge in [-0.05, 0) is 19.4 Å². The molecule has 1 heterocycles. The van der Waals surface area contributed by atoms with E-state index in [4.69, 9.17) is 5.11 Å². The van der Waals surface area contributed by atoms with E-state index in [0.717, 1.165) is 4.68 Å². The Kier molecular flexibility index (Phi) is 5.10. The number of rotatable bonds is 6. The molecular formula is C16H19N3O4. The summed E-state index contributed by atoms with van der Waals surface area (Å²) in [6, 6.07) is 6.76. The van der Waals surface area contributed by atoms with Crippen molar-refractivity contribution in [1.82, 2.24) is 14.7 Å². The van der Waals surface area contributed by atoms with Gasteiger partial charge in [0, 0.05) is 11.4 Å². The average Bonchev–Trinajstić information content (AvgIpc) is 2.54. The molecule has 1 N–H and O–H groups in total.